The highest BCUT2D eigenvalue weighted by Crippen LogP contribution is 2.53. The van der Waals surface area contributed by atoms with Crippen LogP contribution in [-0.2, 0) is 5.41 Å². The predicted octanol–water partition coefficient (Wildman–Crippen LogP) is 12.3. The zero-order valence-corrected chi connectivity index (χ0v) is 27.6. The summed E-state index contributed by atoms with van der Waals surface area (Å²) in [5.41, 5.74) is 14.8. The fraction of sp³-hybridized carbons (Fsp3) is 0.0638. The first-order valence-electron chi connectivity index (χ1n) is 16.9. The lowest BCUT2D eigenvalue weighted by molar-refractivity contribution is 0.661. The average molecular weight is 627 g/mol. The van der Waals surface area contributed by atoms with Gasteiger partial charge < -0.3 is 0 Å². The molecule has 1 aliphatic rings. The van der Waals surface area contributed by atoms with Gasteiger partial charge in [0.15, 0.2) is 5.82 Å². The third-order valence-corrected chi connectivity index (χ3v) is 10.1. The minimum atomic E-state index is -0.147. The van der Waals surface area contributed by atoms with Crippen molar-refractivity contribution < 1.29 is 0 Å². The molecule has 0 saturated heterocycles. The van der Waals surface area contributed by atoms with Crippen LogP contribution in [0.4, 0.5) is 0 Å². The molecule has 0 spiro atoms. The molecule has 2 nitrogen and oxygen atoms in total. The quantitative estimate of drug-likeness (QED) is 0.190. The Morgan fingerprint density at radius 1 is 0.367 bits per heavy atom. The maximum absolute atomic E-state index is 5.32. The van der Waals surface area contributed by atoms with E-state index in [0.717, 1.165) is 33.9 Å². The Morgan fingerprint density at radius 2 is 0.837 bits per heavy atom. The summed E-state index contributed by atoms with van der Waals surface area (Å²) in [5.74, 6) is 0.737. The zero-order valence-electron chi connectivity index (χ0n) is 27.6. The normalized spacial score (nSPS) is 12.9. The monoisotopic (exact) mass is 626 g/mol. The lowest BCUT2D eigenvalue weighted by atomic mass is 9.81. The first kappa shape index (κ1) is 29.1. The Bertz CT molecular complexity index is 2380. The van der Waals surface area contributed by atoms with Gasteiger partial charge in [-0.25, -0.2) is 9.97 Å². The molecule has 1 aliphatic carbocycles. The second-order valence-electron chi connectivity index (χ2n) is 13.4. The molecule has 0 fully saturated rings. The Hall–Kier alpha value is -6.12. The maximum Gasteiger partial charge on any atom is 0.161 e. The van der Waals surface area contributed by atoms with Gasteiger partial charge in [-0.05, 0) is 73.5 Å². The Kier molecular flexibility index (Phi) is 6.84. The molecule has 0 N–H and O–H groups in total. The van der Waals surface area contributed by atoms with Crippen LogP contribution < -0.4 is 0 Å². The van der Waals surface area contributed by atoms with Crippen molar-refractivity contribution in [2.75, 3.05) is 0 Å². The minimum Gasteiger partial charge on any atom is -0.228 e. The van der Waals surface area contributed by atoms with Crippen LogP contribution in [-0.4, -0.2) is 9.97 Å². The van der Waals surface area contributed by atoms with E-state index in [9.17, 15) is 0 Å². The highest BCUT2D eigenvalue weighted by atomic mass is 14.9. The molecule has 7 aromatic carbocycles. The second kappa shape index (κ2) is 11.5. The standard InChI is InChI=1S/C47H34N2/c1-47(2)41-19-11-18-39(45(41)40-28-37-16-9-10-17-38(37)29-42(40)47)46-48-43(35-24-20-33(21-25-35)31-12-5-3-6-13-31)30-44(49-46)36-26-22-34(23-27-36)32-14-7-4-8-15-32/h3-30H,1-2H3. The summed E-state index contributed by atoms with van der Waals surface area (Å²) in [6, 6.07) is 60.6. The van der Waals surface area contributed by atoms with E-state index in [-0.39, 0.29) is 5.41 Å². The summed E-state index contributed by atoms with van der Waals surface area (Å²) < 4.78 is 0. The number of aromatic nitrogens is 2. The second-order valence-corrected chi connectivity index (χ2v) is 13.4. The van der Waals surface area contributed by atoms with Crippen molar-refractivity contribution in [1.29, 1.82) is 0 Å². The van der Waals surface area contributed by atoms with Crippen molar-refractivity contribution in [3.63, 3.8) is 0 Å². The van der Waals surface area contributed by atoms with Crippen LogP contribution in [0.3, 0.4) is 0 Å². The van der Waals surface area contributed by atoms with E-state index in [1.165, 1.54) is 55.3 Å². The first-order chi connectivity index (χ1) is 24.0. The van der Waals surface area contributed by atoms with E-state index in [0.29, 0.717) is 0 Å². The highest BCUT2D eigenvalue weighted by molar-refractivity contribution is 5.98. The SMILES string of the molecule is CC1(C)c2cc3ccccc3cc2-c2c(-c3nc(-c4ccc(-c5ccccc5)cc4)cc(-c4ccc(-c5ccccc5)cc4)n3)cccc21. The molecule has 0 unspecified atom stereocenters. The van der Waals surface area contributed by atoms with Crippen LogP contribution in [0.5, 0.6) is 0 Å². The number of hydrogen-bond acceptors (Lipinski definition) is 2. The number of fused-ring (bicyclic) bond motifs is 4. The van der Waals surface area contributed by atoms with Crippen LogP contribution in [0.25, 0.3) is 78.1 Å². The van der Waals surface area contributed by atoms with E-state index in [1.807, 2.05) is 0 Å². The molecule has 0 saturated carbocycles. The van der Waals surface area contributed by atoms with Crippen molar-refractivity contribution in [3.05, 3.63) is 181 Å². The van der Waals surface area contributed by atoms with Crippen LogP contribution in [0.2, 0.25) is 0 Å². The molecule has 0 bridgehead atoms. The molecule has 0 atom stereocenters. The van der Waals surface area contributed by atoms with Crippen LogP contribution in [0.15, 0.2) is 170 Å². The van der Waals surface area contributed by atoms with Gasteiger partial charge in [-0.15, -0.1) is 0 Å². The van der Waals surface area contributed by atoms with E-state index in [1.54, 1.807) is 0 Å². The van der Waals surface area contributed by atoms with E-state index < -0.39 is 0 Å². The Balaban J connectivity index is 1.22. The van der Waals surface area contributed by atoms with E-state index >= 15 is 0 Å². The fourth-order valence-electron chi connectivity index (χ4n) is 7.45. The van der Waals surface area contributed by atoms with Crippen LogP contribution in [0, 0.1) is 0 Å². The van der Waals surface area contributed by atoms with E-state index in [2.05, 4.69) is 184 Å². The molecule has 232 valence electrons. The maximum atomic E-state index is 5.32. The number of benzene rings is 7. The summed E-state index contributed by atoms with van der Waals surface area (Å²) in [6.45, 7) is 4.67. The highest BCUT2D eigenvalue weighted by Gasteiger charge is 2.37. The lowest BCUT2D eigenvalue weighted by Gasteiger charge is -2.22. The molecule has 1 aromatic heterocycles. The van der Waals surface area contributed by atoms with Crippen LogP contribution >= 0.6 is 0 Å². The van der Waals surface area contributed by atoms with Crippen molar-refractivity contribution >= 4 is 10.8 Å². The molecule has 0 radical (unpaired) electrons. The number of nitrogens with zero attached hydrogens (tertiary/aromatic N) is 2. The smallest absolute Gasteiger partial charge is 0.161 e. The molecular weight excluding hydrogens is 593 g/mol. The Morgan fingerprint density at radius 3 is 1.39 bits per heavy atom. The van der Waals surface area contributed by atoms with Gasteiger partial charge in [0, 0.05) is 22.1 Å². The molecule has 9 rings (SSSR count). The number of hydrogen-bond donors (Lipinski definition) is 0. The third-order valence-electron chi connectivity index (χ3n) is 10.1. The van der Waals surface area contributed by atoms with Crippen LogP contribution in [0.1, 0.15) is 25.0 Å². The molecule has 8 aromatic rings. The van der Waals surface area contributed by atoms with Gasteiger partial charge in [-0.1, -0.05) is 166 Å². The topological polar surface area (TPSA) is 25.8 Å². The summed E-state index contributed by atoms with van der Waals surface area (Å²) >= 11 is 0. The minimum absolute atomic E-state index is 0.147. The predicted molar refractivity (Wildman–Crippen MR) is 204 cm³/mol. The van der Waals surface area contributed by atoms with Gasteiger partial charge in [0.25, 0.3) is 0 Å². The third kappa shape index (κ3) is 5.05. The lowest BCUT2D eigenvalue weighted by Crippen LogP contribution is -2.14. The Labute approximate surface area is 287 Å². The number of rotatable bonds is 5. The molecule has 49 heavy (non-hydrogen) atoms. The van der Waals surface area contributed by atoms with Crippen molar-refractivity contribution in [1.82, 2.24) is 9.97 Å². The van der Waals surface area contributed by atoms with E-state index in [4.69, 9.17) is 9.97 Å². The van der Waals surface area contributed by atoms with Crippen molar-refractivity contribution in [2.45, 2.75) is 19.3 Å². The van der Waals surface area contributed by atoms with Crippen molar-refractivity contribution in [3.8, 4) is 67.3 Å². The zero-order chi connectivity index (χ0) is 33.0. The fourth-order valence-corrected chi connectivity index (χ4v) is 7.45. The molecule has 0 amide bonds. The molecule has 1 heterocycles. The van der Waals surface area contributed by atoms with Gasteiger partial charge in [0.1, 0.15) is 0 Å². The average Bonchev–Trinajstić information content (AvgIpc) is 3.39. The van der Waals surface area contributed by atoms with Crippen molar-refractivity contribution in [2.24, 2.45) is 0 Å². The van der Waals surface area contributed by atoms with Gasteiger partial charge >= 0.3 is 0 Å². The summed E-state index contributed by atoms with van der Waals surface area (Å²) in [5, 5.41) is 2.51. The first-order valence-corrected chi connectivity index (χ1v) is 16.9. The van der Waals surface area contributed by atoms with Gasteiger partial charge in [0.05, 0.1) is 11.4 Å². The molecular formula is C47H34N2. The molecule has 0 aliphatic heterocycles. The summed E-state index contributed by atoms with van der Waals surface area (Å²) in [4.78, 5) is 10.6. The largest absolute Gasteiger partial charge is 0.228 e. The summed E-state index contributed by atoms with van der Waals surface area (Å²) in [6.07, 6.45) is 0. The van der Waals surface area contributed by atoms with Gasteiger partial charge in [0.2, 0.25) is 0 Å². The summed E-state index contributed by atoms with van der Waals surface area (Å²) in [7, 11) is 0. The molecule has 2 heteroatoms. The van der Waals surface area contributed by atoms with Gasteiger partial charge in [-0.2, -0.15) is 0 Å². The van der Waals surface area contributed by atoms with Gasteiger partial charge in [-0.3, -0.25) is 0 Å².